The average Bonchev–Trinajstić information content (AvgIpc) is 2.29. The maximum atomic E-state index is 12.5. The highest BCUT2D eigenvalue weighted by molar-refractivity contribution is 7.87. The monoisotopic (exact) mass is 347 g/mol. The molecule has 0 spiro atoms. The second-order valence-electron chi connectivity index (χ2n) is 7.97. The van der Waals surface area contributed by atoms with Gasteiger partial charge < -0.3 is 9.64 Å². The smallest absolute Gasteiger partial charge is 0.410 e. The number of rotatable bonds is 3. The number of hydrogen-bond acceptors (Lipinski definition) is 4. The molecule has 0 aromatic heterocycles. The number of amides is 1. The summed E-state index contributed by atoms with van der Waals surface area (Å²) < 4.78 is 34.4. The molecule has 0 aliphatic carbocycles. The fourth-order valence-electron chi connectivity index (χ4n) is 3.12. The van der Waals surface area contributed by atoms with Gasteiger partial charge in [-0.25, -0.2) is 4.79 Å². The van der Waals surface area contributed by atoms with Crippen LogP contribution in [0.5, 0.6) is 0 Å². The summed E-state index contributed by atoms with van der Waals surface area (Å²) in [5, 5.41) is 0. The minimum Gasteiger partial charge on any atom is -0.444 e. The van der Waals surface area contributed by atoms with Crippen LogP contribution in [0.3, 0.4) is 0 Å². The summed E-state index contributed by atoms with van der Waals surface area (Å²) in [5.41, 5.74) is -0.540. The Bertz CT molecular complexity index is 527. The molecule has 2 atom stereocenters. The first-order chi connectivity index (χ1) is 10.5. The van der Waals surface area contributed by atoms with Gasteiger partial charge in [0.05, 0.1) is 6.04 Å². The third kappa shape index (κ3) is 5.06. The quantitative estimate of drug-likeness (QED) is 0.837. The predicted molar refractivity (Wildman–Crippen MR) is 88.2 cm³/mol. The second-order valence-corrected chi connectivity index (χ2v) is 9.67. The van der Waals surface area contributed by atoms with Gasteiger partial charge in [-0.05, 0) is 39.0 Å². The van der Waals surface area contributed by atoms with Gasteiger partial charge in [0.25, 0.3) is 10.2 Å². The van der Waals surface area contributed by atoms with Crippen molar-refractivity contribution in [3.8, 4) is 0 Å². The van der Waals surface area contributed by atoms with E-state index in [1.54, 1.807) is 0 Å². The van der Waals surface area contributed by atoms with Crippen LogP contribution in [0.2, 0.25) is 0 Å². The van der Waals surface area contributed by atoms with Crippen molar-refractivity contribution >= 4 is 16.3 Å². The molecule has 134 valence electrons. The van der Waals surface area contributed by atoms with E-state index in [4.69, 9.17) is 4.74 Å². The van der Waals surface area contributed by atoms with Gasteiger partial charge in [0.15, 0.2) is 0 Å². The zero-order valence-corrected chi connectivity index (χ0v) is 15.5. The van der Waals surface area contributed by atoms with Crippen molar-refractivity contribution in [2.75, 3.05) is 26.2 Å². The van der Waals surface area contributed by atoms with Crippen molar-refractivity contribution in [1.82, 2.24) is 13.9 Å². The highest BCUT2D eigenvalue weighted by Gasteiger charge is 2.38. The maximum absolute atomic E-state index is 12.5. The SMILES string of the molecule is C[C@H]1C[C@H](C)CN(S(=O)(=O)NC2CN(C(=O)OC(C)(C)C)C2)C1. The Labute approximate surface area is 139 Å². The number of nitrogens with one attached hydrogen (secondary N) is 1. The maximum Gasteiger partial charge on any atom is 0.410 e. The molecule has 23 heavy (non-hydrogen) atoms. The molecule has 2 rings (SSSR count). The molecule has 0 aromatic carbocycles. The van der Waals surface area contributed by atoms with Crippen molar-refractivity contribution in [3.63, 3.8) is 0 Å². The molecule has 0 unspecified atom stereocenters. The van der Waals surface area contributed by atoms with Crippen LogP contribution in [-0.2, 0) is 14.9 Å². The molecular formula is C15H29N3O4S. The number of ether oxygens (including phenoxy) is 1. The molecule has 2 fully saturated rings. The lowest BCUT2D eigenvalue weighted by Crippen LogP contribution is -2.63. The molecular weight excluding hydrogens is 318 g/mol. The fraction of sp³-hybridized carbons (Fsp3) is 0.933. The van der Waals surface area contributed by atoms with Crippen LogP contribution in [0.25, 0.3) is 0 Å². The summed E-state index contributed by atoms with van der Waals surface area (Å²) >= 11 is 0. The molecule has 1 amide bonds. The van der Waals surface area contributed by atoms with E-state index >= 15 is 0 Å². The van der Waals surface area contributed by atoms with Gasteiger partial charge in [-0.1, -0.05) is 13.8 Å². The Kier molecular flexibility index (Phi) is 5.27. The highest BCUT2D eigenvalue weighted by Crippen LogP contribution is 2.23. The van der Waals surface area contributed by atoms with Crippen LogP contribution in [0, 0.1) is 11.8 Å². The molecule has 0 saturated carbocycles. The summed E-state index contributed by atoms with van der Waals surface area (Å²) in [6, 6.07) is -0.236. The Morgan fingerprint density at radius 3 is 2.09 bits per heavy atom. The van der Waals surface area contributed by atoms with E-state index in [1.807, 2.05) is 20.8 Å². The van der Waals surface area contributed by atoms with Gasteiger partial charge in [-0.3, -0.25) is 0 Å². The first-order valence-corrected chi connectivity index (χ1v) is 9.65. The lowest BCUT2D eigenvalue weighted by molar-refractivity contribution is 0.00718. The number of carbonyl (C=O) groups excluding carboxylic acids is 1. The Morgan fingerprint density at radius 1 is 1.09 bits per heavy atom. The van der Waals surface area contributed by atoms with Gasteiger partial charge in [0.2, 0.25) is 0 Å². The summed E-state index contributed by atoms with van der Waals surface area (Å²) in [6.07, 6.45) is 0.662. The second kappa shape index (κ2) is 6.57. The van der Waals surface area contributed by atoms with Gasteiger partial charge in [-0.15, -0.1) is 0 Å². The van der Waals surface area contributed by atoms with Crippen LogP contribution >= 0.6 is 0 Å². The van der Waals surface area contributed by atoms with Crippen molar-refractivity contribution in [2.45, 2.75) is 52.7 Å². The van der Waals surface area contributed by atoms with Crippen LogP contribution in [0.15, 0.2) is 0 Å². The van der Waals surface area contributed by atoms with Crippen molar-refractivity contribution < 1.29 is 17.9 Å². The normalized spacial score (nSPS) is 27.6. The van der Waals surface area contributed by atoms with E-state index in [-0.39, 0.29) is 6.04 Å². The average molecular weight is 347 g/mol. The van der Waals surface area contributed by atoms with Crippen LogP contribution < -0.4 is 4.72 Å². The summed E-state index contributed by atoms with van der Waals surface area (Å²) in [7, 11) is -3.49. The van der Waals surface area contributed by atoms with Crippen LogP contribution in [0.1, 0.15) is 41.0 Å². The third-order valence-corrected chi connectivity index (χ3v) is 5.63. The Hall–Kier alpha value is -0.860. The first kappa shape index (κ1) is 18.5. The van der Waals surface area contributed by atoms with E-state index in [0.29, 0.717) is 38.0 Å². The minimum atomic E-state index is -3.49. The number of hydrogen-bond donors (Lipinski definition) is 1. The molecule has 8 heteroatoms. The van der Waals surface area contributed by atoms with Crippen molar-refractivity contribution in [2.24, 2.45) is 11.8 Å². The zero-order valence-electron chi connectivity index (χ0n) is 14.7. The van der Waals surface area contributed by atoms with E-state index in [9.17, 15) is 13.2 Å². The number of piperidine rings is 1. The summed E-state index contributed by atoms with van der Waals surface area (Å²) in [6.45, 7) is 11.4. The molecule has 7 nitrogen and oxygen atoms in total. The standard InChI is InChI=1S/C15H29N3O4S/c1-11-6-12(2)8-18(7-11)23(20,21)16-13-9-17(10-13)14(19)22-15(3,4)5/h11-13,16H,6-10H2,1-5H3/t11-,12-/m0/s1. The lowest BCUT2D eigenvalue weighted by atomic mass is 9.94. The van der Waals surface area contributed by atoms with E-state index in [2.05, 4.69) is 18.6 Å². The summed E-state index contributed by atoms with van der Waals surface area (Å²) in [5.74, 6) is 0.741. The van der Waals surface area contributed by atoms with Gasteiger partial charge in [0.1, 0.15) is 5.60 Å². The largest absolute Gasteiger partial charge is 0.444 e. The van der Waals surface area contributed by atoms with Crippen molar-refractivity contribution in [1.29, 1.82) is 0 Å². The molecule has 0 bridgehead atoms. The van der Waals surface area contributed by atoms with E-state index < -0.39 is 21.9 Å². The molecule has 2 saturated heterocycles. The van der Waals surface area contributed by atoms with Gasteiger partial charge >= 0.3 is 6.09 Å². The molecule has 0 aromatic rings. The van der Waals surface area contributed by atoms with Gasteiger partial charge in [0, 0.05) is 26.2 Å². The van der Waals surface area contributed by atoms with E-state index in [0.717, 1.165) is 6.42 Å². The molecule has 2 aliphatic heterocycles. The molecule has 2 heterocycles. The third-order valence-electron chi connectivity index (χ3n) is 4.02. The Balaban J connectivity index is 1.83. The van der Waals surface area contributed by atoms with Gasteiger partial charge in [-0.2, -0.15) is 17.4 Å². The molecule has 1 N–H and O–H groups in total. The number of carbonyl (C=O) groups is 1. The first-order valence-electron chi connectivity index (χ1n) is 8.21. The topological polar surface area (TPSA) is 79.0 Å². The molecule has 0 radical (unpaired) electrons. The minimum absolute atomic E-state index is 0.236. The fourth-order valence-corrected chi connectivity index (χ4v) is 4.74. The lowest BCUT2D eigenvalue weighted by Gasteiger charge is -2.41. The number of likely N-dealkylation sites (tertiary alicyclic amines) is 1. The number of nitrogens with zero attached hydrogens (tertiary/aromatic N) is 2. The van der Waals surface area contributed by atoms with E-state index in [1.165, 1.54) is 9.21 Å². The zero-order chi connectivity index (χ0) is 17.4. The van der Waals surface area contributed by atoms with Crippen LogP contribution in [-0.4, -0.2) is 61.5 Å². The molecule has 2 aliphatic rings. The highest BCUT2D eigenvalue weighted by atomic mass is 32.2. The van der Waals surface area contributed by atoms with Crippen molar-refractivity contribution in [3.05, 3.63) is 0 Å². The summed E-state index contributed by atoms with van der Waals surface area (Å²) in [4.78, 5) is 13.4. The predicted octanol–water partition coefficient (Wildman–Crippen LogP) is 1.42. The Morgan fingerprint density at radius 2 is 1.61 bits per heavy atom. The van der Waals surface area contributed by atoms with Crippen LogP contribution in [0.4, 0.5) is 4.79 Å².